The van der Waals surface area contributed by atoms with Crippen molar-refractivity contribution in [3.05, 3.63) is 120 Å². The minimum atomic E-state index is -3.00. The molecule has 1 aliphatic heterocycles. The molecule has 1 aliphatic carbocycles. The summed E-state index contributed by atoms with van der Waals surface area (Å²) < 4.78 is 56.0. The number of unbranched alkanes of at least 4 members (excludes halogenated alkanes) is 4. The summed E-state index contributed by atoms with van der Waals surface area (Å²) in [7, 11) is -3.00. The van der Waals surface area contributed by atoms with Crippen LogP contribution in [0.3, 0.4) is 0 Å². The Bertz CT molecular complexity index is 1510. The lowest BCUT2D eigenvalue weighted by Gasteiger charge is -2.46. The van der Waals surface area contributed by atoms with Gasteiger partial charge in [0, 0.05) is 0 Å². The van der Waals surface area contributed by atoms with E-state index < -0.39 is 44.9 Å². The Morgan fingerprint density at radius 1 is 0.750 bits per heavy atom. The molecule has 9 heteroatoms. The van der Waals surface area contributed by atoms with E-state index in [1.54, 1.807) is 0 Å². The highest BCUT2D eigenvalue weighted by Crippen LogP contribution is 2.35. The number of aliphatic hydroxyl groups is 1. The van der Waals surface area contributed by atoms with Crippen LogP contribution >= 0.6 is 0 Å². The molecule has 3 aromatic carbocycles. The molecule has 2 aliphatic rings. The van der Waals surface area contributed by atoms with Gasteiger partial charge in [-0.25, -0.2) is 4.39 Å². The molecular weight excluding hydrogens is 724 g/mol. The number of halogens is 1. The number of rotatable bonds is 23. The molecule has 7 nitrogen and oxygen atoms in total. The van der Waals surface area contributed by atoms with Crippen molar-refractivity contribution in [1.82, 2.24) is 0 Å². The maximum Gasteiger partial charge on any atom is 0.332 e. The van der Waals surface area contributed by atoms with Gasteiger partial charge in [-0.3, -0.25) is 0 Å². The summed E-state index contributed by atoms with van der Waals surface area (Å²) in [6.45, 7) is 8.81. The average Bonchev–Trinajstić information content (AvgIpc) is 3.19. The highest BCUT2D eigenvalue weighted by atomic mass is 28.4. The van der Waals surface area contributed by atoms with E-state index in [2.05, 4.69) is 12.2 Å². The van der Waals surface area contributed by atoms with Crippen molar-refractivity contribution in [2.75, 3.05) is 6.61 Å². The molecule has 5 rings (SSSR count). The number of benzene rings is 3. The molecule has 1 N–H and O–H groups in total. The summed E-state index contributed by atoms with van der Waals surface area (Å²) in [6, 6.07) is 29.8. The maximum absolute atomic E-state index is 16.6. The predicted molar refractivity (Wildman–Crippen MR) is 223 cm³/mol. The van der Waals surface area contributed by atoms with Gasteiger partial charge in [-0.15, -0.1) is 0 Å². The first-order chi connectivity index (χ1) is 27.1. The molecule has 0 bridgehead atoms. The van der Waals surface area contributed by atoms with Crippen LogP contribution in [0.25, 0.3) is 0 Å². The first-order valence-electron chi connectivity index (χ1n) is 21.0. The summed E-state index contributed by atoms with van der Waals surface area (Å²) >= 11 is 0. The van der Waals surface area contributed by atoms with E-state index in [4.69, 9.17) is 27.8 Å². The van der Waals surface area contributed by atoms with Crippen LogP contribution in [0.1, 0.15) is 101 Å². The van der Waals surface area contributed by atoms with Crippen molar-refractivity contribution in [1.29, 1.82) is 0 Å². The zero-order valence-electron chi connectivity index (χ0n) is 34.2. The first kappa shape index (κ1) is 44.4. The number of alkyl halides is 1. The van der Waals surface area contributed by atoms with E-state index in [0.717, 1.165) is 68.1 Å². The number of ether oxygens (including phenoxy) is 4. The van der Waals surface area contributed by atoms with Gasteiger partial charge in [0.2, 0.25) is 6.36 Å². The van der Waals surface area contributed by atoms with Gasteiger partial charge in [0.15, 0.2) is 0 Å². The molecule has 308 valence electrons. The van der Waals surface area contributed by atoms with Gasteiger partial charge in [-0.2, -0.15) is 0 Å². The van der Waals surface area contributed by atoms with Gasteiger partial charge < -0.3 is 32.9 Å². The Morgan fingerprint density at radius 2 is 1.30 bits per heavy atom. The van der Waals surface area contributed by atoms with Crippen molar-refractivity contribution in [3.63, 3.8) is 0 Å². The molecule has 2 fully saturated rings. The van der Waals surface area contributed by atoms with E-state index in [0.29, 0.717) is 19.1 Å². The molecule has 3 aromatic rings. The number of allylic oxidation sites excluding steroid dienone is 1. The summed E-state index contributed by atoms with van der Waals surface area (Å²) in [5, 5.41) is 10.0. The molecule has 0 spiro atoms. The van der Waals surface area contributed by atoms with Crippen molar-refractivity contribution in [2.45, 2.75) is 160 Å². The van der Waals surface area contributed by atoms with Gasteiger partial charge in [0.05, 0.1) is 38.1 Å². The van der Waals surface area contributed by atoms with Crippen LogP contribution in [0.5, 0.6) is 0 Å². The second kappa shape index (κ2) is 23.0. The lowest BCUT2D eigenvalue weighted by molar-refractivity contribution is -0.286. The molecule has 6 atom stereocenters. The van der Waals surface area contributed by atoms with Gasteiger partial charge in [-0.1, -0.05) is 142 Å². The SMILES string of the molecule is CC(C)(O)CCCCCC/C=C/C(O[Si](C)(C)O[C@@H]1[C@@H](OCc2ccccc2)[C@H](OCc2ccccc2)[C@@H](COCc2ccccc2)O[C@H]1F)C1CCCCC1. The Kier molecular flexibility index (Phi) is 18.2. The van der Waals surface area contributed by atoms with E-state index in [1.807, 2.05) is 118 Å². The lowest BCUT2D eigenvalue weighted by atomic mass is 9.85. The van der Waals surface area contributed by atoms with E-state index in [-0.39, 0.29) is 19.3 Å². The fraction of sp³-hybridized carbons (Fsp3) is 0.574. The second-order valence-electron chi connectivity index (χ2n) is 16.7. The van der Waals surface area contributed by atoms with Crippen molar-refractivity contribution < 1.29 is 37.3 Å². The van der Waals surface area contributed by atoms with Crippen molar-refractivity contribution in [2.24, 2.45) is 5.92 Å². The summed E-state index contributed by atoms with van der Waals surface area (Å²) in [5.74, 6) is 0.393. The number of hydrogen-bond donors (Lipinski definition) is 1. The van der Waals surface area contributed by atoms with Crippen LogP contribution in [0.2, 0.25) is 13.1 Å². The Balaban J connectivity index is 1.32. The second-order valence-corrected chi connectivity index (χ2v) is 20.0. The minimum Gasteiger partial charge on any atom is -0.390 e. The van der Waals surface area contributed by atoms with Crippen LogP contribution in [0.15, 0.2) is 103 Å². The van der Waals surface area contributed by atoms with Gasteiger partial charge in [-0.05, 0) is 81.7 Å². The fourth-order valence-electron chi connectivity index (χ4n) is 7.76. The molecule has 1 saturated carbocycles. The third-order valence-corrected chi connectivity index (χ3v) is 12.4. The van der Waals surface area contributed by atoms with Gasteiger partial charge >= 0.3 is 8.56 Å². The van der Waals surface area contributed by atoms with Crippen LogP contribution in [-0.2, 0) is 47.6 Å². The van der Waals surface area contributed by atoms with Crippen LogP contribution in [0, 0.1) is 5.92 Å². The predicted octanol–water partition coefficient (Wildman–Crippen LogP) is 10.8. The summed E-state index contributed by atoms with van der Waals surface area (Å²) in [6.07, 6.45) is 11.3. The van der Waals surface area contributed by atoms with Crippen LogP contribution in [-0.4, -0.2) is 62.8 Å². The van der Waals surface area contributed by atoms with E-state index >= 15 is 4.39 Å². The number of hydrogen-bond acceptors (Lipinski definition) is 7. The Labute approximate surface area is 337 Å². The molecule has 0 radical (unpaired) electrons. The van der Waals surface area contributed by atoms with E-state index in [1.165, 1.54) is 19.3 Å². The fourth-order valence-corrected chi connectivity index (χ4v) is 9.64. The molecular formula is C47H67FO7Si. The molecule has 1 unspecified atom stereocenters. The topological polar surface area (TPSA) is 75.6 Å². The summed E-state index contributed by atoms with van der Waals surface area (Å²) in [5.41, 5.74) is 2.39. The first-order valence-corrected chi connectivity index (χ1v) is 23.8. The molecule has 1 heterocycles. The monoisotopic (exact) mass is 790 g/mol. The minimum absolute atomic E-state index is 0.109. The zero-order chi connectivity index (χ0) is 39.6. The zero-order valence-corrected chi connectivity index (χ0v) is 35.2. The van der Waals surface area contributed by atoms with Crippen molar-refractivity contribution in [3.8, 4) is 0 Å². The third-order valence-electron chi connectivity index (χ3n) is 10.7. The quantitative estimate of drug-likeness (QED) is 0.0582. The highest BCUT2D eigenvalue weighted by molar-refractivity contribution is 6.64. The van der Waals surface area contributed by atoms with E-state index in [9.17, 15) is 5.11 Å². The summed E-state index contributed by atoms with van der Waals surface area (Å²) in [4.78, 5) is 0. The third kappa shape index (κ3) is 15.6. The largest absolute Gasteiger partial charge is 0.390 e. The molecule has 1 saturated heterocycles. The van der Waals surface area contributed by atoms with Crippen LogP contribution in [0.4, 0.5) is 4.39 Å². The maximum atomic E-state index is 16.6. The Hall–Kier alpha value is -2.73. The van der Waals surface area contributed by atoms with Gasteiger partial charge in [0.1, 0.15) is 24.4 Å². The normalized spacial score (nSPS) is 23.1. The Morgan fingerprint density at radius 3 is 1.89 bits per heavy atom. The van der Waals surface area contributed by atoms with Crippen LogP contribution < -0.4 is 0 Å². The smallest absolute Gasteiger partial charge is 0.332 e. The highest BCUT2D eigenvalue weighted by Gasteiger charge is 2.51. The lowest BCUT2D eigenvalue weighted by Crippen LogP contribution is -2.62. The molecule has 0 amide bonds. The van der Waals surface area contributed by atoms with Gasteiger partial charge in [0.25, 0.3) is 0 Å². The molecule has 0 aromatic heterocycles. The van der Waals surface area contributed by atoms with Crippen molar-refractivity contribution >= 4 is 8.56 Å². The average molecular weight is 791 g/mol. The standard InChI is InChI=1S/C47H67FO7Si/c1-47(2,49)32-22-8-6-5-7-21-31-41(40-29-19-12-20-30-40)54-56(3,4)55-45-44(52-35-39-27-17-11-18-28-39)43(51-34-38-25-15-10-16-26-38)42(53-46(45)48)36-50-33-37-23-13-9-14-24-37/h9-11,13-18,21,23-28,31,40-46,49H,5-8,12,19-20,22,29-30,32-36H2,1-4H3/b31-21+/t41?,42-,43-,44+,45-,46-/m1/s1. The molecule has 56 heavy (non-hydrogen) atoms.